The Bertz CT molecular complexity index is 337. The van der Waals surface area contributed by atoms with E-state index >= 15 is 0 Å². The molecule has 1 aromatic heterocycles. The summed E-state index contributed by atoms with van der Waals surface area (Å²) in [6.07, 6.45) is 6.02. The van der Waals surface area contributed by atoms with Gasteiger partial charge >= 0.3 is 0 Å². The third kappa shape index (κ3) is 2.82. The van der Waals surface area contributed by atoms with Crippen molar-refractivity contribution in [3.8, 4) is 0 Å². The number of piperidine rings is 1. The molecule has 1 aliphatic rings. The first-order valence-electron chi connectivity index (χ1n) is 5.66. The van der Waals surface area contributed by atoms with Crippen molar-refractivity contribution < 1.29 is 0 Å². The second-order valence-electron chi connectivity index (χ2n) is 4.18. The smallest absolute Gasteiger partial charge is 0.145 e. The van der Waals surface area contributed by atoms with E-state index in [1.807, 2.05) is 13.2 Å². The van der Waals surface area contributed by atoms with Gasteiger partial charge in [0.05, 0.1) is 3.57 Å². The minimum Gasteiger partial charge on any atom is -0.356 e. The second-order valence-corrected chi connectivity index (χ2v) is 5.34. The van der Waals surface area contributed by atoms with Crippen LogP contribution < -0.4 is 10.2 Å². The summed E-state index contributed by atoms with van der Waals surface area (Å²) < 4.78 is 1.15. The molecule has 0 bridgehead atoms. The van der Waals surface area contributed by atoms with Crippen molar-refractivity contribution in [1.82, 2.24) is 15.3 Å². The van der Waals surface area contributed by atoms with Gasteiger partial charge in [0.15, 0.2) is 0 Å². The van der Waals surface area contributed by atoms with Gasteiger partial charge < -0.3 is 10.2 Å². The molecule has 0 amide bonds. The van der Waals surface area contributed by atoms with Gasteiger partial charge in [-0.25, -0.2) is 9.97 Å². The summed E-state index contributed by atoms with van der Waals surface area (Å²) in [5, 5.41) is 3.26. The van der Waals surface area contributed by atoms with Crippen molar-refractivity contribution in [3.63, 3.8) is 0 Å². The lowest BCUT2D eigenvalue weighted by Crippen LogP contribution is -2.37. The summed E-state index contributed by atoms with van der Waals surface area (Å²) in [6, 6.07) is 0. The number of hydrogen-bond acceptors (Lipinski definition) is 4. The van der Waals surface area contributed by atoms with E-state index in [0.717, 1.165) is 34.9 Å². The average molecular weight is 332 g/mol. The first kappa shape index (κ1) is 12.0. The number of anilines is 1. The highest BCUT2D eigenvalue weighted by Crippen LogP contribution is 2.24. The molecule has 5 heteroatoms. The van der Waals surface area contributed by atoms with Crippen LogP contribution in [0.4, 0.5) is 5.82 Å². The normalized spacial score (nSPS) is 17.8. The predicted molar refractivity (Wildman–Crippen MR) is 73.6 cm³/mol. The molecule has 16 heavy (non-hydrogen) atoms. The van der Waals surface area contributed by atoms with Gasteiger partial charge in [0.2, 0.25) is 0 Å². The van der Waals surface area contributed by atoms with Crippen molar-refractivity contribution in [2.75, 3.05) is 31.6 Å². The summed E-state index contributed by atoms with van der Waals surface area (Å²) in [5.74, 6) is 1.92. The van der Waals surface area contributed by atoms with Gasteiger partial charge in [-0.05, 0) is 54.9 Å². The Balaban J connectivity index is 1.96. The minimum absolute atomic E-state index is 0.820. The molecule has 1 N–H and O–H groups in total. The Hall–Kier alpha value is -0.430. The molecular formula is C11H17IN4. The molecule has 1 aromatic rings. The number of nitrogens with one attached hydrogen (secondary N) is 1. The fourth-order valence-corrected chi connectivity index (χ4v) is 2.82. The van der Waals surface area contributed by atoms with Gasteiger partial charge in [-0.1, -0.05) is 0 Å². The SMILES string of the molecule is CNCC1CCN(c2ncncc2I)CC1. The van der Waals surface area contributed by atoms with E-state index in [-0.39, 0.29) is 0 Å². The van der Waals surface area contributed by atoms with Crippen LogP contribution >= 0.6 is 22.6 Å². The number of aromatic nitrogens is 2. The summed E-state index contributed by atoms with van der Waals surface area (Å²) in [5.41, 5.74) is 0. The molecule has 88 valence electrons. The lowest BCUT2D eigenvalue weighted by Gasteiger charge is -2.33. The first-order chi connectivity index (χ1) is 7.81. The van der Waals surface area contributed by atoms with Crippen molar-refractivity contribution in [3.05, 3.63) is 16.1 Å². The van der Waals surface area contributed by atoms with Crippen LogP contribution in [0.2, 0.25) is 0 Å². The van der Waals surface area contributed by atoms with Crippen molar-refractivity contribution in [1.29, 1.82) is 0 Å². The molecule has 2 rings (SSSR count). The van der Waals surface area contributed by atoms with Crippen LogP contribution in [-0.2, 0) is 0 Å². The third-order valence-electron chi connectivity index (χ3n) is 3.06. The van der Waals surface area contributed by atoms with Gasteiger partial charge in [0.25, 0.3) is 0 Å². The van der Waals surface area contributed by atoms with E-state index in [9.17, 15) is 0 Å². The summed E-state index contributed by atoms with van der Waals surface area (Å²) in [7, 11) is 2.03. The van der Waals surface area contributed by atoms with E-state index in [4.69, 9.17) is 0 Å². The molecular weight excluding hydrogens is 315 g/mol. The van der Waals surface area contributed by atoms with Crippen molar-refractivity contribution in [2.24, 2.45) is 5.92 Å². The zero-order valence-corrected chi connectivity index (χ0v) is 11.6. The zero-order valence-electron chi connectivity index (χ0n) is 9.49. The minimum atomic E-state index is 0.820. The molecule has 0 aromatic carbocycles. The van der Waals surface area contributed by atoms with Crippen LogP contribution in [0, 0.1) is 9.49 Å². The van der Waals surface area contributed by atoms with E-state index in [1.165, 1.54) is 12.8 Å². The molecule has 4 nitrogen and oxygen atoms in total. The van der Waals surface area contributed by atoms with Crippen molar-refractivity contribution in [2.45, 2.75) is 12.8 Å². The van der Waals surface area contributed by atoms with Gasteiger partial charge in [0, 0.05) is 19.3 Å². The van der Waals surface area contributed by atoms with Gasteiger partial charge in [-0.3, -0.25) is 0 Å². The number of nitrogens with zero attached hydrogens (tertiary/aromatic N) is 3. The number of hydrogen-bond donors (Lipinski definition) is 1. The molecule has 0 radical (unpaired) electrons. The fourth-order valence-electron chi connectivity index (χ4n) is 2.18. The van der Waals surface area contributed by atoms with E-state index < -0.39 is 0 Å². The highest BCUT2D eigenvalue weighted by molar-refractivity contribution is 14.1. The summed E-state index contributed by atoms with van der Waals surface area (Å²) in [4.78, 5) is 10.8. The van der Waals surface area contributed by atoms with Crippen LogP contribution in [0.3, 0.4) is 0 Å². The molecule has 0 spiro atoms. The molecule has 1 saturated heterocycles. The number of rotatable bonds is 3. The Morgan fingerprint density at radius 1 is 1.50 bits per heavy atom. The first-order valence-corrected chi connectivity index (χ1v) is 6.74. The van der Waals surface area contributed by atoms with Crippen LogP contribution in [0.1, 0.15) is 12.8 Å². The topological polar surface area (TPSA) is 41.0 Å². The maximum Gasteiger partial charge on any atom is 0.145 e. The highest BCUT2D eigenvalue weighted by Gasteiger charge is 2.20. The standard InChI is InChI=1S/C11H17IN4/c1-13-6-9-2-4-16(5-3-9)11-10(12)7-14-8-15-11/h7-9,13H,2-6H2,1H3. The van der Waals surface area contributed by atoms with E-state index in [1.54, 1.807) is 6.33 Å². The van der Waals surface area contributed by atoms with Gasteiger partial charge in [0.1, 0.15) is 12.1 Å². The summed E-state index contributed by atoms with van der Waals surface area (Å²) in [6.45, 7) is 3.35. The van der Waals surface area contributed by atoms with Crippen LogP contribution in [-0.4, -0.2) is 36.6 Å². The Morgan fingerprint density at radius 2 is 2.25 bits per heavy atom. The maximum absolute atomic E-state index is 4.36. The molecule has 0 saturated carbocycles. The Labute approximate surface area is 110 Å². The lowest BCUT2D eigenvalue weighted by molar-refractivity contribution is 0.392. The maximum atomic E-state index is 4.36. The average Bonchev–Trinajstić information content (AvgIpc) is 2.31. The molecule has 0 unspecified atom stereocenters. The second kappa shape index (κ2) is 5.77. The van der Waals surface area contributed by atoms with Crippen LogP contribution in [0.25, 0.3) is 0 Å². The molecule has 1 fully saturated rings. The quantitative estimate of drug-likeness (QED) is 0.852. The van der Waals surface area contributed by atoms with Gasteiger partial charge in [-0.15, -0.1) is 0 Å². The van der Waals surface area contributed by atoms with Crippen molar-refractivity contribution >= 4 is 28.4 Å². The lowest BCUT2D eigenvalue weighted by atomic mass is 9.97. The molecule has 0 atom stereocenters. The van der Waals surface area contributed by atoms with Gasteiger partial charge in [-0.2, -0.15) is 0 Å². The predicted octanol–water partition coefficient (Wildman–Crippen LogP) is 1.52. The largest absolute Gasteiger partial charge is 0.356 e. The number of halogens is 1. The third-order valence-corrected chi connectivity index (χ3v) is 3.82. The Kier molecular flexibility index (Phi) is 4.34. The fraction of sp³-hybridized carbons (Fsp3) is 0.636. The molecule has 0 aliphatic carbocycles. The Morgan fingerprint density at radius 3 is 2.88 bits per heavy atom. The van der Waals surface area contributed by atoms with E-state index in [0.29, 0.717) is 0 Å². The van der Waals surface area contributed by atoms with E-state index in [2.05, 4.69) is 42.8 Å². The highest BCUT2D eigenvalue weighted by atomic mass is 127. The molecule has 1 aliphatic heterocycles. The summed E-state index contributed by atoms with van der Waals surface area (Å²) >= 11 is 2.31. The van der Waals surface area contributed by atoms with Crippen LogP contribution in [0.15, 0.2) is 12.5 Å². The zero-order chi connectivity index (χ0) is 11.4. The monoisotopic (exact) mass is 332 g/mol. The van der Waals surface area contributed by atoms with Crippen LogP contribution in [0.5, 0.6) is 0 Å². The molecule has 2 heterocycles.